The van der Waals surface area contributed by atoms with Crippen LogP contribution >= 0.6 is 11.6 Å². The Labute approximate surface area is 126 Å². The van der Waals surface area contributed by atoms with Crippen molar-refractivity contribution in [3.8, 4) is 0 Å². The maximum Gasteiger partial charge on any atom is 0.240 e. The van der Waals surface area contributed by atoms with Gasteiger partial charge in [-0.05, 0) is 30.4 Å². The summed E-state index contributed by atoms with van der Waals surface area (Å²) in [6.45, 7) is 4.87. The standard InChI is InChI=1S/C16H23ClN2O/c1-3-11(2)15(18)16(20)19-10-6-9-14(19)12-7-4-5-8-13(12)17/h4-5,7-8,11,14-15H,3,6,9-10,18H2,1-2H3/t11-,14?,15-/m0/s1. The molecular formula is C16H23ClN2O. The summed E-state index contributed by atoms with van der Waals surface area (Å²) in [5, 5.41) is 0.731. The zero-order valence-corrected chi connectivity index (χ0v) is 12.9. The zero-order chi connectivity index (χ0) is 14.7. The third-order valence-electron chi connectivity index (χ3n) is 4.34. The normalized spacial score (nSPS) is 21.8. The van der Waals surface area contributed by atoms with Crippen LogP contribution in [0.2, 0.25) is 5.02 Å². The lowest BCUT2D eigenvalue weighted by Crippen LogP contribution is -2.46. The van der Waals surface area contributed by atoms with Gasteiger partial charge in [0.2, 0.25) is 5.91 Å². The van der Waals surface area contributed by atoms with Crippen LogP contribution in [0.4, 0.5) is 0 Å². The van der Waals surface area contributed by atoms with Crippen LogP contribution in [-0.2, 0) is 4.79 Å². The van der Waals surface area contributed by atoms with E-state index in [1.54, 1.807) is 0 Å². The summed E-state index contributed by atoms with van der Waals surface area (Å²) in [6.07, 6.45) is 2.88. The van der Waals surface area contributed by atoms with Crippen molar-refractivity contribution in [3.63, 3.8) is 0 Å². The lowest BCUT2D eigenvalue weighted by Gasteiger charge is -2.30. The molecule has 0 aliphatic carbocycles. The molecule has 1 aromatic rings. The van der Waals surface area contributed by atoms with Crippen molar-refractivity contribution in [1.29, 1.82) is 0 Å². The molecule has 20 heavy (non-hydrogen) atoms. The number of nitrogens with zero attached hydrogens (tertiary/aromatic N) is 1. The number of halogens is 1. The van der Waals surface area contributed by atoms with Crippen LogP contribution in [0, 0.1) is 5.92 Å². The van der Waals surface area contributed by atoms with Crippen LogP contribution < -0.4 is 5.73 Å². The maximum absolute atomic E-state index is 12.6. The van der Waals surface area contributed by atoms with Crippen molar-refractivity contribution in [3.05, 3.63) is 34.9 Å². The lowest BCUT2D eigenvalue weighted by atomic mass is 9.97. The second kappa shape index (κ2) is 6.59. The molecule has 0 bridgehead atoms. The van der Waals surface area contributed by atoms with Gasteiger partial charge in [0.15, 0.2) is 0 Å². The Morgan fingerprint density at radius 1 is 1.50 bits per heavy atom. The third-order valence-corrected chi connectivity index (χ3v) is 4.69. The van der Waals surface area contributed by atoms with Crippen molar-refractivity contribution in [2.45, 2.75) is 45.2 Å². The summed E-state index contributed by atoms with van der Waals surface area (Å²) in [6, 6.07) is 7.43. The third kappa shape index (κ3) is 2.99. The summed E-state index contributed by atoms with van der Waals surface area (Å²) < 4.78 is 0. The van der Waals surface area contributed by atoms with Crippen LogP contribution in [0.15, 0.2) is 24.3 Å². The minimum Gasteiger partial charge on any atom is -0.334 e. The number of hydrogen-bond donors (Lipinski definition) is 1. The Morgan fingerprint density at radius 3 is 2.85 bits per heavy atom. The van der Waals surface area contributed by atoms with Crippen LogP contribution in [0.1, 0.15) is 44.7 Å². The van der Waals surface area contributed by atoms with Crippen LogP contribution in [0.25, 0.3) is 0 Å². The highest BCUT2D eigenvalue weighted by molar-refractivity contribution is 6.31. The van der Waals surface area contributed by atoms with Crippen molar-refractivity contribution in [2.75, 3.05) is 6.54 Å². The highest BCUT2D eigenvalue weighted by atomic mass is 35.5. The first kappa shape index (κ1) is 15.3. The number of likely N-dealkylation sites (tertiary alicyclic amines) is 1. The molecule has 1 saturated heterocycles. The first-order chi connectivity index (χ1) is 9.56. The molecule has 1 aromatic carbocycles. The van der Waals surface area contributed by atoms with E-state index >= 15 is 0 Å². The second-order valence-electron chi connectivity index (χ2n) is 5.62. The lowest BCUT2D eigenvalue weighted by molar-refractivity contribution is -0.134. The number of hydrogen-bond acceptors (Lipinski definition) is 2. The molecule has 0 saturated carbocycles. The summed E-state index contributed by atoms with van der Waals surface area (Å²) >= 11 is 6.27. The minimum absolute atomic E-state index is 0.0572. The van der Waals surface area contributed by atoms with Crippen LogP contribution in [-0.4, -0.2) is 23.4 Å². The Hall–Kier alpha value is -1.06. The number of nitrogens with two attached hydrogens (primary N) is 1. The monoisotopic (exact) mass is 294 g/mol. The molecule has 0 aromatic heterocycles. The Balaban J connectivity index is 2.19. The fourth-order valence-electron chi connectivity index (χ4n) is 2.79. The van der Waals surface area contributed by atoms with Gasteiger partial charge in [0.1, 0.15) is 0 Å². The molecule has 1 amide bonds. The summed E-state index contributed by atoms with van der Waals surface area (Å²) in [5.74, 6) is 0.261. The quantitative estimate of drug-likeness (QED) is 0.925. The van der Waals surface area contributed by atoms with Gasteiger partial charge >= 0.3 is 0 Å². The van der Waals surface area contributed by atoms with Crippen molar-refractivity contribution >= 4 is 17.5 Å². The van der Waals surface area contributed by atoms with E-state index in [0.29, 0.717) is 0 Å². The molecule has 1 aliphatic heterocycles. The van der Waals surface area contributed by atoms with E-state index in [1.807, 2.05) is 36.1 Å². The van der Waals surface area contributed by atoms with E-state index in [9.17, 15) is 4.79 Å². The number of benzene rings is 1. The van der Waals surface area contributed by atoms with Crippen LogP contribution in [0.5, 0.6) is 0 Å². The van der Waals surface area contributed by atoms with E-state index in [0.717, 1.165) is 36.4 Å². The van der Waals surface area contributed by atoms with Crippen molar-refractivity contribution < 1.29 is 4.79 Å². The van der Waals surface area contributed by atoms with E-state index in [1.165, 1.54) is 0 Å². The van der Waals surface area contributed by atoms with Gasteiger partial charge in [0.25, 0.3) is 0 Å². The van der Waals surface area contributed by atoms with Gasteiger partial charge in [-0.15, -0.1) is 0 Å². The number of carbonyl (C=O) groups excluding carboxylic acids is 1. The number of rotatable bonds is 4. The molecule has 1 heterocycles. The fourth-order valence-corrected chi connectivity index (χ4v) is 3.05. The van der Waals surface area contributed by atoms with Gasteiger partial charge in [0, 0.05) is 11.6 Å². The molecule has 110 valence electrons. The molecule has 1 fully saturated rings. The van der Waals surface area contributed by atoms with Gasteiger partial charge in [-0.25, -0.2) is 0 Å². The second-order valence-corrected chi connectivity index (χ2v) is 6.03. The molecule has 0 spiro atoms. The topological polar surface area (TPSA) is 46.3 Å². The summed E-state index contributed by atoms with van der Waals surface area (Å²) in [7, 11) is 0. The van der Waals surface area contributed by atoms with Crippen molar-refractivity contribution in [1.82, 2.24) is 4.90 Å². The molecular weight excluding hydrogens is 272 g/mol. The Morgan fingerprint density at radius 2 is 2.20 bits per heavy atom. The van der Waals surface area contributed by atoms with Gasteiger partial charge in [-0.3, -0.25) is 4.79 Å². The van der Waals surface area contributed by atoms with Gasteiger partial charge in [-0.1, -0.05) is 50.1 Å². The zero-order valence-electron chi connectivity index (χ0n) is 12.2. The molecule has 4 heteroatoms. The average Bonchev–Trinajstić information content (AvgIpc) is 2.94. The SMILES string of the molecule is CC[C@H](C)[C@H](N)C(=O)N1CCCC1c1ccccc1Cl. The first-order valence-corrected chi connectivity index (χ1v) is 7.74. The van der Waals surface area contributed by atoms with Crippen molar-refractivity contribution in [2.24, 2.45) is 11.7 Å². The van der Waals surface area contributed by atoms with Gasteiger partial charge < -0.3 is 10.6 Å². The molecule has 2 N–H and O–H groups in total. The minimum atomic E-state index is -0.414. The first-order valence-electron chi connectivity index (χ1n) is 7.36. The summed E-state index contributed by atoms with van der Waals surface area (Å²) in [4.78, 5) is 14.5. The Bertz CT molecular complexity index is 477. The predicted molar refractivity (Wildman–Crippen MR) is 82.6 cm³/mol. The largest absolute Gasteiger partial charge is 0.334 e. The van der Waals surface area contributed by atoms with E-state index in [2.05, 4.69) is 6.92 Å². The molecule has 1 aliphatic rings. The Kier molecular flexibility index (Phi) is 5.06. The maximum atomic E-state index is 12.6. The van der Waals surface area contributed by atoms with Crippen LogP contribution in [0.3, 0.4) is 0 Å². The highest BCUT2D eigenvalue weighted by Crippen LogP contribution is 2.36. The smallest absolute Gasteiger partial charge is 0.240 e. The number of amides is 1. The van der Waals surface area contributed by atoms with Gasteiger partial charge in [0.05, 0.1) is 12.1 Å². The molecule has 0 radical (unpaired) electrons. The number of carbonyl (C=O) groups is 1. The molecule has 1 unspecified atom stereocenters. The van der Waals surface area contributed by atoms with E-state index < -0.39 is 6.04 Å². The predicted octanol–water partition coefficient (Wildman–Crippen LogP) is 3.38. The molecule has 3 atom stereocenters. The fraction of sp³-hybridized carbons (Fsp3) is 0.562. The van der Waals surface area contributed by atoms with E-state index in [4.69, 9.17) is 17.3 Å². The summed E-state index contributed by atoms with van der Waals surface area (Å²) in [5.41, 5.74) is 7.14. The average molecular weight is 295 g/mol. The van der Waals surface area contributed by atoms with Gasteiger partial charge in [-0.2, -0.15) is 0 Å². The molecule has 2 rings (SSSR count). The van der Waals surface area contributed by atoms with E-state index in [-0.39, 0.29) is 17.9 Å². The highest BCUT2D eigenvalue weighted by Gasteiger charge is 2.34. The molecule has 3 nitrogen and oxygen atoms in total.